The number of carbonyl (C=O) groups excluding carboxylic acids is 1. The van der Waals surface area contributed by atoms with E-state index in [2.05, 4.69) is 17.4 Å². The summed E-state index contributed by atoms with van der Waals surface area (Å²) in [5.41, 5.74) is 0.711. The molecule has 1 fully saturated rings. The van der Waals surface area contributed by atoms with Gasteiger partial charge >= 0.3 is 6.09 Å². The van der Waals surface area contributed by atoms with Crippen molar-refractivity contribution in [3.05, 3.63) is 35.9 Å². The summed E-state index contributed by atoms with van der Waals surface area (Å²) >= 11 is 0. The molecule has 2 unspecified atom stereocenters. The van der Waals surface area contributed by atoms with E-state index in [9.17, 15) is 4.79 Å². The molecule has 1 aromatic rings. The first kappa shape index (κ1) is 15.8. The summed E-state index contributed by atoms with van der Waals surface area (Å²) in [6.07, 6.45) is 1.79. The third kappa shape index (κ3) is 4.21. The molecule has 1 aromatic carbocycles. The van der Waals surface area contributed by atoms with Crippen LogP contribution in [0, 0.1) is 0 Å². The lowest BCUT2D eigenvalue weighted by atomic mass is 9.93. The molecule has 0 bridgehead atoms. The molecule has 0 aliphatic carbocycles. The van der Waals surface area contributed by atoms with Crippen LogP contribution in [0.15, 0.2) is 30.3 Å². The van der Waals surface area contributed by atoms with Gasteiger partial charge in [0, 0.05) is 12.6 Å². The summed E-state index contributed by atoms with van der Waals surface area (Å²) in [5.74, 6) is 0. The minimum absolute atomic E-state index is 0.102. The Bertz CT molecular complexity index is 467. The third-order valence-corrected chi connectivity index (χ3v) is 3.80. The second-order valence-corrected chi connectivity index (χ2v) is 6.62. The highest BCUT2D eigenvalue weighted by Gasteiger charge is 2.34. The van der Waals surface area contributed by atoms with Gasteiger partial charge in [-0.2, -0.15) is 0 Å². The van der Waals surface area contributed by atoms with Crippen LogP contribution in [0.2, 0.25) is 0 Å². The zero-order valence-corrected chi connectivity index (χ0v) is 13.4. The van der Waals surface area contributed by atoms with Crippen molar-refractivity contribution in [2.75, 3.05) is 13.6 Å². The maximum atomic E-state index is 12.5. The van der Waals surface area contributed by atoms with Gasteiger partial charge in [0.2, 0.25) is 0 Å². The van der Waals surface area contributed by atoms with Gasteiger partial charge in [0.1, 0.15) is 5.60 Å². The molecule has 2 atom stereocenters. The fourth-order valence-corrected chi connectivity index (χ4v) is 2.75. The monoisotopic (exact) mass is 290 g/mol. The van der Waals surface area contributed by atoms with Crippen LogP contribution in [0.3, 0.4) is 0 Å². The van der Waals surface area contributed by atoms with Crippen LogP contribution in [-0.4, -0.2) is 36.2 Å². The number of nitrogens with one attached hydrogen (secondary N) is 1. The van der Waals surface area contributed by atoms with E-state index >= 15 is 0 Å². The first-order valence-electron chi connectivity index (χ1n) is 7.62. The maximum absolute atomic E-state index is 12.5. The molecule has 4 heteroatoms. The molecule has 1 amide bonds. The van der Waals surface area contributed by atoms with E-state index in [-0.39, 0.29) is 12.1 Å². The number of nitrogens with zero attached hydrogens (tertiary/aromatic N) is 1. The van der Waals surface area contributed by atoms with Gasteiger partial charge in [0.15, 0.2) is 0 Å². The number of rotatable bonds is 2. The highest BCUT2D eigenvalue weighted by molar-refractivity contribution is 5.69. The lowest BCUT2D eigenvalue weighted by Crippen LogP contribution is -2.49. The maximum Gasteiger partial charge on any atom is 0.410 e. The molecule has 1 aliphatic rings. The highest BCUT2D eigenvalue weighted by Crippen LogP contribution is 2.32. The topological polar surface area (TPSA) is 41.6 Å². The number of amides is 1. The molecule has 1 N–H and O–H groups in total. The van der Waals surface area contributed by atoms with Crippen molar-refractivity contribution in [3.63, 3.8) is 0 Å². The molecule has 4 nitrogen and oxygen atoms in total. The second-order valence-electron chi connectivity index (χ2n) is 6.62. The summed E-state index contributed by atoms with van der Waals surface area (Å²) in [6, 6.07) is 10.6. The summed E-state index contributed by atoms with van der Waals surface area (Å²) in [6.45, 7) is 6.40. The molecule has 0 radical (unpaired) electrons. The van der Waals surface area contributed by atoms with Crippen LogP contribution in [-0.2, 0) is 4.74 Å². The smallest absolute Gasteiger partial charge is 0.410 e. The zero-order valence-electron chi connectivity index (χ0n) is 13.4. The van der Waals surface area contributed by atoms with Gasteiger partial charge in [0.05, 0.1) is 6.04 Å². The first-order valence-corrected chi connectivity index (χ1v) is 7.62. The minimum Gasteiger partial charge on any atom is -0.444 e. The minimum atomic E-state index is -0.467. The number of hydrogen-bond donors (Lipinski definition) is 1. The van der Waals surface area contributed by atoms with E-state index in [0.717, 1.165) is 12.8 Å². The van der Waals surface area contributed by atoms with Gasteiger partial charge in [-0.1, -0.05) is 30.3 Å². The first-order chi connectivity index (χ1) is 9.90. The summed E-state index contributed by atoms with van der Waals surface area (Å²) in [7, 11) is 1.95. The van der Waals surface area contributed by atoms with Gasteiger partial charge in [-0.05, 0) is 46.2 Å². The molecule has 0 saturated carbocycles. The van der Waals surface area contributed by atoms with Crippen LogP contribution in [0.1, 0.15) is 45.2 Å². The Balaban J connectivity index is 2.19. The fraction of sp³-hybridized carbons (Fsp3) is 0.588. The van der Waals surface area contributed by atoms with Crippen LogP contribution in [0.4, 0.5) is 4.79 Å². The van der Waals surface area contributed by atoms with E-state index in [0.29, 0.717) is 12.6 Å². The predicted octanol–water partition coefficient (Wildman–Crippen LogP) is 3.35. The second kappa shape index (κ2) is 6.48. The number of likely N-dealkylation sites (N-methyl/N-ethyl adjacent to an activating group) is 1. The van der Waals surface area contributed by atoms with Crippen LogP contribution in [0.5, 0.6) is 0 Å². The Morgan fingerprint density at radius 3 is 2.48 bits per heavy atom. The van der Waals surface area contributed by atoms with Crippen LogP contribution < -0.4 is 5.32 Å². The largest absolute Gasteiger partial charge is 0.444 e. The van der Waals surface area contributed by atoms with E-state index in [4.69, 9.17) is 4.74 Å². The van der Waals surface area contributed by atoms with Crippen molar-refractivity contribution in [2.45, 2.75) is 51.3 Å². The standard InChI is InChI=1S/C17H26N2O2/c1-17(2,3)21-16(20)19-12-14(18-4)10-11-15(19)13-8-6-5-7-9-13/h5-9,14-15,18H,10-12H2,1-4H3. The molecule has 0 aromatic heterocycles. The van der Waals surface area contributed by atoms with Crippen molar-refractivity contribution >= 4 is 6.09 Å². The Kier molecular flexibility index (Phi) is 4.88. The molecule has 116 valence electrons. The van der Waals surface area contributed by atoms with Crippen molar-refractivity contribution in [2.24, 2.45) is 0 Å². The molecule has 2 rings (SSSR count). The van der Waals surface area contributed by atoms with E-state index in [1.807, 2.05) is 50.9 Å². The van der Waals surface area contributed by atoms with Crippen molar-refractivity contribution in [1.82, 2.24) is 10.2 Å². The summed E-state index contributed by atoms with van der Waals surface area (Å²) in [4.78, 5) is 14.4. The lowest BCUT2D eigenvalue weighted by Gasteiger charge is -2.40. The average molecular weight is 290 g/mol. The predicted molar refractivity (Wildman–Crippen MR) is 84.2 cm³/mol. The quantitative estimate of drug-likeness (QED) is 0.908. The number of likely N-dealkylation sites (tertiary alicyclic amines) is 1. The summed E-state index contributed by atoms with van der Waals surface area (Å²) < 4.78 is 5.58. The fourth-order valence-electron chi connectivity index (χ4n) is 2.75. The number of piperidine rings is 1. The molecule has 0 spiro atoms. The van der Waals surface area contributed by atoms with Crippen molar-refractivity contribution in [3.8, 4) is 0 Å². The van der Waals surface area contributed by atoms with E-state index < -0.39 is 5.60 Å². The Morgan fingerprint density at radius 2 is 1.90 bits per heavy atom. The van der Waals surface area contributed by atoms with Crippen molar-refractivity contribution < 1.29 is 9.53 Å². The van der Waals surface area contributed by atoms with E-state index in [1.54, 1.807) is 0 Å². The molecule has 1 saturated heterocycles. The summed E-state index contributed by atoms with van der Waals surface area (Å²) in [5, 5.41) is 3.27. The van der Waals surface area contributed by atoms with Gasteiger partial charge in [-0.3, -0.25) is 4.90 Å². The Labute approximate surface area is 127 Å². The number of ether oxygens (including phenoxy) is 1. The zero-order chi connectivity index (χ0) is 15.5. The number of benzene rings is 1. The average Bonchev–Trinajstić information content (AvgIpc) is 2.45. The van der Waals surface area contributed by atoms with Gasteiger partial charge < -0.3 is 10.1 Å². The molecule has 21 heavy (non-hydrogen) atoms. The Hall–Kier alpha value is -1.55. The van der Waals surface area contributed by atoms with E-state index in [1.165, 1.54) is 5.56 Å². The Morgan fingerprint density at radius 1 is 1.24 bits per heavy atom. The normalized spacial score (nSPS) is 23.0. The number of hydrogen-bond acceptors (Lipinski definition) is 3. The van der Waals surface area contributed by atoms with Crippen LogP contribution >= 0.6 is 0 Å². The lowest BCUT2D eigenvalue weighted by molar-refractivity contribution is 0.00593. The van der Waals surface area contributed by atoms with Gasteiger partial charge in [-0.15, -0.1) is 0 Å². The molecular weight excluding hydrogens is 264 g/mol. The number of carbonyl (C=O) groups is 1. The SMILES string of the molecule is CNC1CCC(c2ccccc2)N(C(=O)OC(C)(C)C)C1. The van der Waals surface area contributed by atoms with Gasteiger partial charge in [-0.25, -0.2) is 4.79 Å². The van der Waals surface area contributed by atoms with Gasteiger partial charge in [0.25, 0.3) is 0 Å². The molecular formula is C17H26N2O2. The molecule has 1 heterocycles. The van der Waals surface area contributed by atoms with Crippen molar-refractivity contribution in [1.29, 1.82) is 0 Å². The third-order valence-electron chi connectivity index (χ3n) is 3.80. The molecule has 1 aliphatic heterocycles. The highest BCUT2D eigenvalue weighted by atomic mass is 16.6. The van der Waals surface area contributed by atoms with Crippen LogP contribution in [0.25, 0.3) is 0 Å².